The van der Waals surface area contributed by atoms with E-state index in [2.05, 4.69) is 17.0 Å². The number of aromatic amines is 1. The highest BCUT2D eigenvalue weighted by molar-refractivity contribution is 5.52. The van der Waals surface area contributed by atoms with Crippen LogP contribution in [0.1, 0.15) is 6.92 Å². The first kappa shape index (κ1) is 7.98. The average molecular weight is 174 g/mol. The third-order valence-corrected chi connectivity index (χ3v) is 1.95. The minimum Gasteiger partial charge on any atom is -0.360 e. The van der Waals surface area contributed by atoms with E-state index in [0.717, 1.165) is 17.9 Å². The zero-order chi connectivity index (χ0) is 9.10. The van der Waals surface area contributed by atoms with E-state index in [4.69, 9.17) is 0 Å². The average Bonchev–Trinajstić information content (AvgIpc) is 2.71. The number of rotatable bonds is 2. The fraction of sp³-hybridized carbons (Fsp3) is 0.200. The Morgan fingerprint density at radius 1 is 1.38 bits per heavy atom. The summed E-state index contributed by atoms with van der Waals surface area (Å²) in [7, 11) is 0. The molecule has 13 heavy (non-hydrogen) atoms. The second kappa shape index (κ2) is 3.39. The molecule has 2 aromatic rings. The highest BCUT2D eigenvalue weighted by Gasteiger charge is 2.04. The first-order valence-corrected chi connectivity index (χ1v) is 4.40. The number of aromatic nitrogens is 3. The van der Waals surface area contributed by atoms with Gasteiger partial charge in [-0.25, -0.2) is 0 Å². The molecule has 0 spiro atoms. The Kier molecular flexibility index (Phi) is 2.08. The smallest absolute Gasteiger partial charge is 0.196 e. The van der Waals surface area contributed by atoms with Crippen molar-refractivity contribution in [3.05, 3.63) is 36.7 Å². The molecule has 0 aliphatic carbocycles. The second-order valence-electron chi connectivity index (χ2n) is 2.83. The fourth-order valence-corrected chi connectivity index (χ4v) is 1.25. The van der Waals surface area contributed by atoms with Crippen LogP contribution in [-0.4, -0.2) is 10.1 Å². The highest BCUT2D eigenvalue weighted by Crippen LogP contribution is 2.10. The van der Waals surface area contributed by atoms with Crippen LogP contribution in [0.5, 0.6) is 0 Å². The molecule has 0 radical (unpaired) electrons. The SMILES string of the molecule is CC[n+]1cccc(-c2ccc[nH]2)n1. The van der Waals surface area contributed by atoms with Crippen molar-refractivity contribution < 1.29 is 4.68 Å². The van der Waals surface area contributed by atoms with Crippen molar-refractivity contribution in [2.75, 3.05) is 0 Å². The Bertz CT molecular complexity index is 379. The van der Waals surface area contributed by atoms with Crippen LogP contribution in [0.3, 0.4) is 0 Å². The minimum absolute atomic E-state index is 0.897. The first-order valence-electron chi connectivity index (χ1n) is 4.40. The van der Waals surface area contributed by atoms with Crippen LogP contribution in [0.2, 0.25) is 0 Å². The molecule has 0 fully saturated rings. The lowest BCUT2D eigenvalue weighted by molar-refractivity contribution is -0.750. The van der Waals surface area contributed by atoms with E-state index in [9.17, 15) is 0 Å². The summed E-state index contributed by atoms with van der Waals surface area (Å²) in [5.41, 5.74) is 2.04. The lowest BCUT2D eigenvalue weighted by atomic mass is 10.3. The molecule has 3 nitrogen and oxygen atoms in total. The van der Waals surface area contributed by atoms with Crippen LogP contribution in [0.4, 0.5) is 0 Å². The Labute approximate surface area is 77.0 Å². The van der Waals surface area contributed by atoms with Gasteiger partial charge in [-0.3, -0.25) is 0 Å². The molecule has 0 unspecified atom stereocenters. The maximum Gasteiger partial charge on any atom is 0.196 e. The van der Waals surface area contributed by atoms with Crippen LogP contribution in [0.25, 0.3) is 11.4 Å². The topological polar surface area (TPSA) is 32.6 Å². The van der Waals surface area contributed by atoms with Gasteiger partial charge in [-0.2, -0.15) is 0 Å². The van der Waals surface area contributed by atoms with Gasteiger partial charge >= 0.3 is 0 Å². The Balaban J connectivity index is 2.41. The van der Waals surface area contributed by atoms with Crippen molar-refractivity contribution in [1.29, 1.82) is 0 Å². The molecule has 0 atom stereocenters. The number of hydrogen-bond acceptors (Lipinski definition) is 1. The second-order valence-corrected chi connectivity index (χ2v) is 2.83. The number of hydrogen-bond donors (Lipinski definition) is 1. The molecule has 0 amide bonds. The normalized spacial score (nSPS) is 10.2. The van der Waals surface area contributed by atoms with Crippen LogP contribution >= 0.6 is 0 Å². The Morgan fingerprint density at radius 2 is 2.31 bits per heavy atom. The molecule has 0 aromatic carbocycles. The highest BCUT2D eigenvalue weighted by atomic mass is 15.3. The Hall–Kier alpha value is -1.64. The van der Waals surface area contributed by atoms with Crippen molar-refractivity contribution in [2.24, 2.45) is 0 Å². The Morgan fingerprint density at radius 3 is 3.00 bits per heavy atom. The number of H-pyrrole nitrogens is 1. The zero-order valence-electron chi connectivity index (χ0n) is 7.57. The molecule has 0 saturated carbocycles. The van der Waals surface area contributed by atoms with Gasteiger partial charge in [-0.15, -0.1) is 0 Å². The molecule has 2 heterocycles. The van der Waals surface area contributed by atoms with Crippen molar-refractivity contribution in [3.8, 4) is 11.4 Å². The third-order valence-electron chi connectivity index (χ3n) is 1.95. The van der Waals surface area contributed by atoms with E-state index in [0.29, 0.717) is 0 Å². The summed E-state index contributed by atoms with van der Waals surface area (Å²) in [6, 6.07) is 7.99. The van der Waals surface area contributed by atoms with Crippen molar-refractivity contribution >= 4 is 0 Å². The van der Waals surface area contributed by atoms with Crippen LogP contribution in [0, 0.1) is 0 Å². The van der Waals surface area contributed by atoms with Gasteiger partial charge < -0.3 is 4.98 Å². The van der Waals surface area contributed by atoms with Crippen LogP contribution in [0.15, 0.2) is 36.7 Å². The maximum atomic E-state index is 4.42. The van der Waals surface area contributed by atoms with Crippen LogP contribution in [-0.2, 0) is 6.54 Å². The number of aryl methyl sites for hydroxylation is 1. The molecule has 2 rings (SSSR count). The largest absolute Gasteiger partial charge is 0.360 e. The summed E-state index contributed by atoms with van der Waals surface area (Å²) in [5, 5.41) is 4.42. The molecule has 1 N–H and O–H groups in total. The van der Waals surface area contributed by atoms with E-state index in [1.165, 1.54) is 0 Å². The minimum atomic E-state index is 0.897. The first-order chi connectivity index (χ1) is 6.40. The van der Waals surface area contributed by atoms with Gasteiger partial charge in [0, 0.05) is 17.4 Å². The third kappa shape index (κ3) is 1.59. The quantitative estimate of drug-likeness (QED) is 0.685. The molecule has 0 aliphatic rings. The zero-order valence-corrected chi connectivity index (χ0v) is 7.57. The van der Waals surface area contributed by atoms with E-state index < -0.39 is 0 Å². The molecule has 0 saturated heterocycles. The maximum absolute atomic E-state index is 4.42. The summed E-state index contributed by atoms with van der Waals surface area (Å²) in [6.07, 6.45) is 3.87. The molecule has 66 valence electrons. The standard InChI is InChI=1S/C10H12N3/c1-2-13-8-4-6-10(12-13)9-5-3-7-11-9/h3-8,11H,2H2,1H3/q+1. The fourth-order valence-electron chi connectivity index (χ4n) is 1.25. The van der Waals surface area contributed by atoms with Gasteiger partial charge in [-0.05, 0) is 25.1 Å². The van der Waals surface area contributed by atoms with E-state index >= 15 is 0 Å². The summed E-state index contributed by atoms with van der Waals surface area (Å²) >= 11 is 0. The van der Waals surface area contributed by atoms with E-state index in [1.807, 2.05) is 41.3 Å². The predicted molar refractivity (Wildman–Crippen MR) is 49.9 cm³/mol. The van der Waals surface area contributed by atoms with Gasteiger partial charge in [0.1, 0.15) is 0 Å². The van der Waals surface area contributed by atoms with Gasteiger partial charge in [0.25, 0.3) is 0 Å². The molecular formula is C10H12N3+. The van der Waals surface area contributed by atoms with E-state index in [1.54, 1.807) is 0 Å². The van der Waals surface area contributed by atoms with Crippen molar-refractivity contribution in [1.82, 2.24) is 10.1 Å². The number of nitrogens with one attached hydrogen (secondary N) is 1. The van der Waals surface area contributed by atoms with Crippen molar-refractivity contribution in [3.63, 3.8) is 0 Å². The molecule has 3 heteroatoms. The van der Waals surface area contributed by atoms with E-state index in [-0.39, 0.29) is 0 Å². The molecule has 0 bridgehead atoms. The number of nitrogens with zero attached hydrogens (tertiary/aromatic N) is 2. The van der Waals surface area contributed by atoms with Gasteiger partial charge in [0.15, 0.2) is 18.4 Å². The van der Waals surface area contributed by atoms with Crippen molar-refractivity contribution in [2.45, 2.75) is 13.5 Å². The molecule has 0 aliphatic heterocycles. The lowest BCUT2D eigenvalue weighted by Gasteiger charge is -1.93. The summed E-state index contributed by atoms with van der Waals surface area (Å²) < 4.78 is 1.91. The summed E-state index contributed by atoms with van der Waals surface area (Å²) in [5.74, 6) is 0. The predicted octanol–water partition coefficient (Wildman–Crippen LogP) is 1.38. The summed E-state index contributed by atoms with van der Waals surface area (Å²) in [4.78, 5) is 3.13. The summed E-state index contributed by atoms with van der Waals surface area (Å²) in [6.45, 7) is 2.97. The molecule has 2 aromatic heterocycles. The van der Waals surface area contributed by atoms with Crippen LogP contribution < -0.4 is 4.68 Å². The molecular weight excluding hydrogens is 162 g/mol. The van der Waals surface area contributed by atoms with Gasteiger partial charge in [0.2, 0.25) is 0 Å². The van der Waals surface area contributed by atoms with Gasteiger partial charge in [-0.1, -0.05) is 4.68 Å². The lowest BCUT2D eigenvalue weighted by Crippen LogP contribution is -2.36. The van der Waals surface area contributed by atoms with Gasteiger partial charge in [0.05, 0.1) is 5.69 Å². The monoisotopic (exact) mass is 174 g/mol.